The number of carboxylic acids is 1. The van der Waals surface area contributed by atoms with E-state index in [1.807, 2.05) is 42.2 Å². The molecule has 3 rings (SSSR count). The maximum absolute atomic E-state index is 12.4. The highest BCUT2D eigenvalue weighted by atomic mass is 19.4. The number of nitrogens with two attached hydrogens (primary N) is 1. The third-order valence-electron chi connectivity index (χ3n) is 5.10. The minimum atomic E-state index is -5.08. The van der Waals surface area contributed by atoms with Gasteiger partial charge in [-0.05, 0) is 37.1 Å². The number of aliphatic carboxylic acids is 1. The number of carboxylic acid groups (broad SMARTS) is 1. The van der Waals surface area contributed by atoms with Gasteiger partial charge in [0.2, 0.25) is 5.91 Å². The number of carbonyl (C=O) groups is 2. The number of rotatable bonds is 5. The summed E-state index contributed by atoms with van der Waals surface area (Å²) >= 11 is 0. The monoisotopic (exact) mass is 491 g/mol. The van der Waals surface area contributed by atoms with Crippen LogP contribution < -0.4 is 21.3 Å². The number of benzene rings is 1. The number of nitrogens with zero attached hydrogens (tertiary/aromatic N) is 2. The van der Waals surface area contributed by atoms with Gasteiger partial charge in [-0.3, -0.25) is 4.79 Å². The zero-order valence-corrected chi connectivity index (χ0v) is 19.4. The zero-order chi connectivity index (χ0) is 26.0. The molecule has 5 N–H and O–H groups in total. The Morgan fingerprint density at radius 3 is 2.49 bits per heavy atom. The Kier molecular flexibility index (Phi) is 9.90. The molecule has 0 bridgehead atoms. The number of aromatic nitrogens is 1. The first-order chi connectivity index (χ1) is 16.6. The lowest BCUT2D eigenvalue weighted by molar-refractivity contribution is -0.192. The number of pyridine rings is 1. The molecular weight excluding hydrogens is 463 g/mol. The van der Waals surface area contributed by atoms with Gasteiger partial charge in [0.05, 0.1) is 31.0 Å². The molecule has 8 nitrogen and oxygen atoms in total. The molecule has 188 valence electrons. The molecule has 1 aliphatic heterocycles. The molecule has 1 aliphatic rings. The lowest BCUT2D eigenvalue weighted by Gasteiger charge is -2.39. The molecule has 1 aromatic heterocycles. The minimum absolute atomic E-state index is 0.105. The Hall–Kier alpha value is -3.78. The predicted octanol–water partition coefficient (Wildman–Crippen LogP) is 3.78. The van der Waals surface area contributed by atoms with Crippen molar-refractivity contribution in [1.29, 1.82) is 0 Å². The van der Waals surface area contributed by atoms with Crippen LogP contribution in [0.1, 0.15) is 38.3 Å². The summed E-state index contributed by atoms with van der Waals surface area (Å²) < 4.78 is 31.7. The Morgan fingerprint density at radius 1 is 1.23 bits per heavy atom. The first-order valence-corrected chi connectivity index (χ1v) is 10.9. The van der Waals surface area contributed by atoms with Crippen LogP contribution in [-0.2, 0) is 9.59 Å². The Labute approximate surface area is 201 Å². The molecule has 35 heavy (non-hydrogen) atoms. The molecule has 0 fully saturated rings. The number of hydrogen-bond donors (Lipinski definition) is 4. The van der Waals surface area contributed by atoms with Crippen LogP contribution in [0.15, 0.2) is 42.6 Å². The van der Waals surface area contributed by atoms with Crippen molar-refractivity contribution < 1.29 is 27.9 Å². The number of anilines is 3. The molecule has 2 aromatic rings. The third kappa shape index (κ3) is 7.89. The summed E-state index contributed by atoms with van der Waals surface area (Å²) in [6.45, 7) is 4.91. The molecule has 1 aromatic carbocycles. The molecule has 0 saturated carbocycles. The molecular formula is C24H28F3N5O3. The zero-order valence-electron chi connectivity index (χ0n) is 19.4. The Balaban J connectivity index is 0.000000540. The smallest absolute Gasteiger partial charge is 0.475 e. The maximum atomic E-state index is 12.4. The average molecular weight is 492 g/mol. The van der Waals surface area contributed by atoms with E-state index in [0.29, 0.717) is 19.5 Å². The molecule has 0 spiro atoms. The van der Waals surface area contributed by atoms with Crippen LogP contribution in [-0.4, -0.2) is 47.3 Å². The lowest BCUT2D eigenvalue weighted by atomic mass is 9.91. The number of para-hydroxylation sites is 1. The van der Waals surface area contributed by atoms with E-state index >= 15 is 0 Å². The van der Waals surface area contributed by atoms with Crippen molar-refractivity contribution in [2.75, 3.05) is 28.6 Å². The van der Waals surface area contributed by atoms with Gasteiger partial charge in [-0.2, -0.15) is 13.2 Å². The quantitative estimate of drug-likeness (QED) is 0.470. The highest BCUT2D eigenvalue weighted by Crippen LogP contribution is 2.38. The van der Waals surface area contributed by atoms with Crippen molar-refractivity contribution in [2.45, 2.75) is 44.9 Å². The van der Waals surface area contributed by atoms with Crippen LogP contribution in [0.5, 0.6) is 0 Å². The number of hydrogen-bond acceptors (Lipinski definition) is 6. The number of alkyl halides is 3. The van der Waals surface area contributed by atoms with E-state index in [-0.39, 0.29) is 18.0 Å². The van der Waals surface area contributed by atoms with E-state index < -0.39 is 12.1 Å². The van der Waals surface area contributed by atoms with Crippen molar-refractivity contribution in [1.82, 2.24) is 4.98 Å². The summed E-state index contributed by atoms with van der Waals surface area (Å²) in [5.74, 6) is 3.96. The summed E-state index contributed by atoms with van der Waals surface area (Å²) in [7, 11) is 0. The van der Waals surface area contributed by atoms with Gasteiger partial charge in [0.25, 0.3) is 0 Å². The molecule has 0 saturated heterocycles. The second-order valence-corrected chi connectivity index (χ2v) is 7.60. The van der Waals surface area contributed by atoms with Gasteiger partial charge in [0, 0.05) is 18.2 Å². The second-order valence-electron chi connectivity index (χ2n) is 7.60. The molecule has 2 atom stereocenters. The maximum Gasteiger partial charge on any atom is 0.490 e. The first-order valence-electron chi connectivity index (χ1n) is 10.9. The van der Waals surface area contributed by atoms with E-state index in [4.69, 9.17) is 15.6 Å². The van der Waals surface area contributed by atoms with Crippen molar-refractivity contribution in [3.8, 4) is 11.8 Å². The highest BCUT2D eigenvalue weighted by Gasteiger charge is 2.38. The van der Waals surface area contributed by atoms with Gasteiger partial charge in [-0.15, -0.1) is 0 Å². The van der Waals surface area contributed by atoms with Crippen LogP contribution in [0.2, 0.25) is 0 Å². The van der Waals surface area contributed by atoms with Crippen LogP contribution in [0, 0.1) is 11.8 Å². The van der Waals surface area contributed by atoms with Crippen molar-refractivity contribution in [2.24, 2.45) is 5.73 Å². The van der Waals surface area contributed by atoms with Gasteiger partial charge in [0.15, 0.2) is 0 Å². The summed E-state index contributed by atoms with van der Waals surface area (Å²) in [5.41, 5.74) is 8.38. The topological polar surface area (TPSA) is 121 Å². The fourth-order valence-corrected chi connectivity index (χ4v) is 3.54. The van der Waals surface area contributed by atoms with Crippen LogP contribution in [0.4, 0.5) is 30.4 Å². The van der Waals surface area contributed by atoms with Crippen molar-refractivity contribution in [3.05, 3.63) is 48.2 Å². The number of fused-ring (bicyclic) bond motifs is 1. The summed E-state index contributed by atoms with van der Waals surface area (Å²) in [6, 6.07) is 12.3. The number of nitrogens with one attached hydrogen (secondary N) is 2. The second kappa shape index (κ2) is 12.6. The summed E-state index contributed by atoms with van der Waals surface area (Å²) in [6.07, 6.45) is -1.96. The largest absolute Gasteiger partial charge is 0.490 e. The Morgan fingerprint density at radius 2 is 1.91 bits per heavy atom. The van der Waals surface area contributed by atoms with E-state index in [9.17, 15) is 18.0 Å². The van der Waals surface area contributed by atoms with Gasteiger partial charge >= 0.3 is 12.1 Å². The van der Waals surface area contributed by atoms with Crippen LogP contribution in [0.3, 0.4) is 0 Å². The number of halogens is 3. The number of carbonyl (C=O) groups excluding carboxylic acids is 1. The van der Waals surface area contributed by atoms with Crippen molar-refractivity contribution in [3.63, 3.8) is 0 Å². The van der Waals surface area contributed by atoms with Crippen LogP contribution in [0.25, 0.3) is 0 Å². The van der Waals surface area contributed by atoms with E-state index in [1.54, 1.807) is 6.20 Å². The molecule has 0 radical (unpaired) electrons. The normalized spacial score (nSPS) is 16.6. The van der Waals surface area contributed by atoms with Gasteiger partial charge < -0.3 is 26.4 Å². The van der Waals surface area contributed by atoms with Crippen LogP contribution >= 0.6 is 0 Å². The fourth-order valence-electron chi connectivity index (χ4n) is 3.54. The molecule has 1 amide bonds. The lowest BCUT2D eigenvalue weighted by Crippen LogP contribution is -2.44. The van der Waals surface area contributed by atoms with Gasteiger partial charge in [-0.25, -0.2) is 9.78 Å². The first kappa shape index (κ1) is 27.5. The van der Waals surface area contributed by atoms with Crippen molar-refractivity contribution >= 4 is 29.1 Å². The van der Waals surface area contributed by atoms with Gasteiger partial charge in [-0.1, -0.05) is 37.0 Å². The van der Waals surface area contributed by atoms with Gasteiger partial charge in [0.1, 0.15) is 5.82 Å². The van der Waals surface area contributed by atoms with E-state index in [1.165, 1.54) is 0 Å². The third-order valence-corrected chi connectivity index (χ3v) is 5.10. The molecule has 0 unspecified atom stereocenters. The summed E-state index contributed by atoms with van der Waals surface area (Å²) in [5, 5.41) is 13.8. The Bertz CT molecular complexity index is 1060. The minimum Gasteiger partial charge on any atom is -0.475 e. The highest BCUT2D eigenvalue weighted by molar-refractivity contribution is 5.95. The molecule has 2 heterocycles. The van der Waals surface area contributed by atoms with E-state index in [2.05, 4.69) is 40.4 Å². The SMILES string of the molecule is CCC(=O)N1c2ccccc2[C@H](Nc2ccc(NCC#CCN)cn2)C[C@@H]1C.O=C(O)C(F)(F)F. The standard InChI is InChI=1S/C22H27N5O.C2HF3O2/c1-3-22(28)27-16(2)14-19(18-8-4-5-9-20(18)27)26-21-11-10-17(15-25-21)24-13-7-6-12-23;3-2(4,5)1(6)7/h4-5,8-11,15-16,19,24H,3,12-14,23H2,1-2H3,(H,25,26);(H,6,7)/t16-,19+;/m0./s1. The average Bonchev–Trinajstić information content (AvgIpc) is 2.82. The molecule has 11 heteroatoms. The molecule has 0 aliphatic carbocycles. The van der Waals surface area contributed by atoms with E-state index in [0.717, 1.165) is 29.2 Å². The summed E-state index contributed by atoms with van der Waals surface area (Å²) in [4.78, 5) is 27.8. The number of amides is 1. The predicted molar refractivity (Wildman–Crippen MR) is 128 cm³/mol. The fraction of sp³-hybridized carbons (Fsp3) is 0.375.